The van der Waals surface area contributed by atoms with Crippen LogP contribution in [0.1, 0.15) is 76.3 Å². The van der Waals surface area contributed by atoms with Crippen molar-refractivity contribution in [3.63, 3.8) is 0 Å². The van der Waals surface area contributed by atoms with Crippen LogP contribution in [0.25, 0.3) is 11.1 Å². The zero-order valence-corrected chi connectivity index (χ0v) is 18.6. The summed E-state index contributed by atoms with van der Waals surface area (Å²) in [5.74, 6) is 1.79. The van der Waals surface area contributed by atoms with Gasteiger partial charge in [-0.05, 0) is 61.1 Å². The molecular weight excluding hydrogens is 356 g/mol. The first-order valence-corrected chi connectivity index (χ1v) is 11.0. The first-order chi connectivity index (χ1) is 14.2. The lowest BCUT2D eigenvalue weighted by atomic mass is 9.95. The van der Waals surface area contributed by atoms with E-state index < -0.39 is 0 Å². The van der Waals surface area contributed by atoms with Crippen LogP contribution in [0.3, 0.4) is 0 Å². The third kappa shape index (κ3) is 7.48. The van der Waals surface area contributed by atoms with E-state index in [0.717, 1.165) is 24.3 Å². The molecule has 2 nitrogen and oxygen atoms in total. The van der Waals surface area contributed by atoms with Gasteiger partial charge in [-0.25, -0.2) is 0 Å². The quantitative estimate of drug-likeness (QED) is 0.270. The van der Waals surface area contributed by atoms with Crippen LogP contribution in [-0.4, -0.2) is 14.2 Å². The number of ether oxygens (including phenoxy) is 2. The number of benzene rings is 2. The summed E-state index contributed by atoms with van der Waals surface area (Å²) >= 11 is 0. The highest BCUT2D eigenvalue weighted by molar-refractivity contribution is 5.75. The van der Waals surface area contributed by atoms with Gasteiger partial charge in [0, 0.05) is 11.1 Å². The number of allylic oxidation sites excluding steroid dienone is 1. The first-order valence-electron chi connectivity index (χ1n) is 11.0. The lowest BCUT2D eigenvalue weighted by Gasteiger charge is -2.10. The SMILES string of the molecule is CCCCCC(=C=C(CCCCC)c1ccc(OC)cc1)c1ccc(OC)cc1. The Balaban J connectivity index is 2.48. The Kier molecular flexibility index (Phi) is 10.2. The second-order valence-corrected chi connectivity index (χ2v) is 7.45. The van der Waals surface area contributed by atoms with Crippen molar-refractivity contribution in [1.82, 2.24) is 0 Å². The maximum atomic E-state index is 5.34. The molecule has 0 aliphatic carbocycles. The van der Waals surface area contributed by atoms with Crippen molar-refractivity contribution in [1.29, 1.82) is 0 Å². The minimum atomic E-state index is 0.893. The van der Waals surface area contributed by atoms with Crippen molar-refractivity contribution in [2.45, 2.75) is 65.2 Å². The van der Waals surface area contributed by atoms with Crippen molar-refractivity contribution < 1.29 is 9.47 Å². The molecule has 0 heterocycles. The van der Waals surface area contributed by atoms with E-state index in [1.165, 1.54) is 60.8 Å². The molecule has 0 atom stereocenters. The van der Waals surface area contributed by atoms with Crippen molar-refractivity contribution in [2.75, 3.05) is 14.2 Å². The summed E-state index contributed by atoms with van der Waals surface area (Å²) < 4.78 is 10.7. The van der Waals surface area contributed by atoms with Crippen LogP contribution in [0.2, 0.25) is 0 Å². The van der Waals surface area contributed by atoms with E-state index in [1.807, 2.05) is 24.3 Å². The average molecular weight is 393 g/mol. The van der Waals surface area contributed by atoms with Crippen LogP contribution in [0.5, 0.6) is 11.5 Å². The van der Waals surface area contributed by atoms with Crippen molar-refractivity contribution in [3.8, 4) is 11.5 Å². The fraction of sp³-hybridized carbons (Fsp3) is 0.444. The molecule has 0 bridgehead atoms. The Hall–Kier alpha value is -2.44. The molecule has 0 unspecified atom stereocenters. The highest BCUT2D eigenvalue weighted by atomic mass is 16.5. The molecule has 0 radical (unpaired) electrons. The minimum absolute atomic E-state index is 0.893. The van der Waals surface area contributed by atoms with Gasteiger partial charge in [0.2, 0.25) is 0 Å². The number of hydrogen-bond acceptors (Lipinski definition) is 2. The first kappa shape index (κ1) is 22.8. The Morgan fingerprint density at radius 1 is 0.621 bits per heavy atom. The van der Waals surface area contributed by atoms with E-state index in [-0.39, 0.29) is 0 Å². The second-order valence-electron chi connectivity index (χ2n) is 7.45. The summed E-state index contributed by atoms with van der Waals surface area (Å²) in [6.45, 7) is 4.50. The number of unbranched alkanes of at least 4 members (excludes halogenated alkanes) is 4. The third-order valence-electron chi connectivity index (χ3n) is 5.24. The summed E-state index contributed by atoms with van der Waals surface area (Å²) in [5.41, 5.74) is 8.90. The minimum Gasteiger partial charge on any atom is -0.497 e. The monoisotopic (exact) mass is 392 g/mol. The molecule has 156 valence electrons. The van der Waals surface area contributed by atoms with Gasteiger partial charge in [0.25, 0.3) is 0 Å². The lowest BCUT2D eigenvalue weighted by Crippen LogP contribution is -1.90. The zero-order valence-electron chi connectivity index (χ0n) is 18.6. The number of methoxy groups -OCH3 is 2. The van der Waals surface area contributed by atoms with Crippen LogP contribution in [0.4, 0.5) is 0 Å². The fourth-order valence-corrected chi connectivity index (χ4v) is 3.43. The van der Waals surface area contributed by atoms with Gasteiger partial charge in [0.05, 0.1) is 14.2 Å². The lowest BCUT2D eigenvalue weighted by molar-refractivity contribution is 0.414. The predicted molar refractivity (Wildman–Crippen MR) is 125 cm³/mol. The molecule has 0 fully saturated rings. The van der Waals surface area contributed by atoms with Crippen molar-refractivity contribution in [2.24, 2.45) is 0 Å². The van der Waals surface area contributed by atoms with Gasteiger partial charge in [-0.1, -0.05) is 63.8 Å². The summed E-state index contributed by atoms with van der Waals surface area (Å²) in [7, 11) is 3.42. The molecule has 2 aromatic rings. The topological polar surface area (TPSA) is 18.5 Å². The van der Waals surface area contributed by atoms with Gasteiger partial charge in [-0.3, -0.25) is 0 Å². The maximum Gasteiger partial charge on any atom is 0.118 e. The van der Waals surface area contributed by atoms with Crippen LogP contribution in [0.15, 0.2) is 54.3 Å². The molecule has 2 heteroatoms. The van der Waals surface area contributed by atoms with E-state index >= 15 is 0 Å². The van der Waals surface area contributed by atoms with Gasteiger partial charge >= 0.3 is 0 Å². The molecule has 0 N–H and O–H groups in total. The standard InChI is InChI=1S/C27H36O2/c1-5-7-9-11-24(22-13-17-26(28-3)18-14-22)21-25(12-10-8-6-2)23-15-19-27(29-4)20-16-23/h13-20H,5-12H2,1-4H3. The van der Waals surface area contributed by atoms with Gasteiger partial charge in [0.15, 0.2) is 0 Å². The Bertz CT molecular complexity index is 713. The number of rotatable bonds is 12. The molecule has 0 spiro atoms. The van der Waals surface area contributed by atoms with Crippen molar-refractivity contribution in [3.05, 3.63) is 65.4 Å². The van der Waals surface area contributed by atoms with E-state index in [9.17, 15) is 0 Å². The molecule has 0 aliphatic heterocycles. The van der Waals surface area contributed by atoms with E-state index in [0.29, 0.717) is 0 Å². The van der Waals surface area contributed by atoms with E-state index in [2.05, 4.69) is 43.8 Å². The largest absolute Gasteiger partial charge is 0.497 e. The van der Waals surface area contributed by atoms with Crippen LogP contribution in [-0.2, 0) is 0 Å². The van der Waals surface area contributed by atoms with Gasteiger partial charge in [-0.15, -0.1) is 5.73 Å². The highest BCUT2D eigenvalue weighted by Gasteiger charge is 2.06. The maximum absolute atomic E-state index is 5.34. The number of hydrogen-bond donors (Lipinski definition) is 0. The summed E-state index contributed by atoms with van der Waals surface area (Å²) in [6.07, 6.45) is 9.42. The summed E-state index contributed by atoms with van der Waals surface area (Å²) in [6, 6.07) is 16.8. The summed E-state index contributed by atoms with van der Waals surface area (Å²) in [5, 5.41) is 0. The Morgan fingerprint density at radius 2 is 1.00 bits per heavy atom. The molecular formula is C27H36O2. The fourth-order valence-electron chi connectivity index (χ4n) is 3.43. The Morgan fingerprint density at radius 3 is 1.31 bits per heavy atom. The van der Waals surface area contributed by atoms with Crippen LogP contribution < -0.4 is 9.47 Å². The van der Waals surface area contributed by atoms with Crippen molar-refractivity contribution >= 4 is 11.1 Å². The smallest absolute Gasteiger partial charge is 0.118 e. The molecule has 0 aromatic heterocycles. The highest BCUT2D eigenvalue weighted by Crippen LogP contribution is 2.28. The van der Waals surface area contributed by atoms with Gasteiger partial charge < -0.3 is 9.47 Å². The molecule has 2 rings (SSSR count). The summed E-state index contributed by atoms with van der Waals surface area (Å²) in [4.78, 5) is 0. The molecule has 0 saturated carbocycles. The van der Waals surface area contributed by atoms with Gasteiger partial charge in [-0.2, -0.15) is 0 Å². The zero-order chi connectivity index (χ0) is 20.9. The molecule has 2 aromatic carbocycles. The molecule has 29 heavy (non-hydrogen) atoms. The average Bonchev–Trinajstić information content (AvgIpc) is 2.78. The Labute approximate surface area is 177 Å². The second kappa shape index (κ2) is 12.9. The normalized spacial score (nSPS) is 10.3. The van der Waals surface area contributed by atoms with Crippen LogP contribution >= 0.6 is 0 Å². The van der Waals surface area contributed by atoms with E-state index in [4.69, 9.17) is 9.47 Å². The van der Waals surface area contributed by atoms with Crippen LogP contribution in [0, 0.1) is 0 Å². The van der Waals surface area contributed by atoms with E-state index in [1.54, 1.807) is 14.2 Å². The molecule has 0 amide bonds. The molecule has 0 saturated heterocycles. The third-order valence-corrected chi connectivity index (χ3v) is 5.24. The van der Waals surface area contributed by atoms with Gasteiger partial charge in [0.1, 0.15) is 11.5 Å². The predicted octanol–water partition coefficient (Wildman–Crippen LogP) is 7.93. The molecule has 0 aliphatic rings.